The molecule has 0 saturated carbocycles. The first-order valence-corrected chi connectivity index (χ1v) is 9.70. The number of nitrogens with zero attached hydrogens (tertiary/aromatic N) is 2. The Kier molecular flexibility index (Phi) is 5.89. The Bertz CT molecular complexity index is 967. The van der Waals surface area contributed by atoms with Crippen LogP contribution in [0.3, 0.4) is 0 Å². The molecule has 3 rings (SSSR count). The zero-order chi connectivity index (χ0) is 20.3. The fourth-order valence-corrected chi connectivity index (χ4v) is 3.47. The number of nitrogens with one attached hydrogen (secondary N) is 2. The second kappa shape index (κ2) is 8.35. The maximum Gasteiger partial charge on any atom is 0.261 e. The van der Waals surface area contributed by atoms with Gasteiger partial charge in [-0.25, -0.2) is 9.07 Å². The van der Waals surface area contributed by atoms with E-state index in [1.54, 1.807) is 42.1 Å². The highest BCUT2D eigenvalue weighted by molar-refractivity contribution is 7.12. The van der Waals surface area contributed by atoms with E-state index in [2.05, 4.69) is 15.7 Å². The van der Waals surface area contributed by atoms with Crippen molar-refractivity contribution in [1.82, 2.24) is 20.4 Å². The van der Waals surface area contributed by atoms with Gasteiger partial charge in [-0.1, -0.05) is 6.07 Å². The average Bonchev–Trinajstić information content (AvgIpc) is 3.32. The second-order valence-electron chi connectivity index (χ2n) is 6.48. The van der Waals surface area contributed by atoms with Gasteiger partial charge in [0, 0.05) is 11.3 Å². The van der Waals surface area contributed by atoms with Gasteiger partial charge in [0.05, 0.1) is 22.8 Å². The predicted molar refractivity (Wildman–Crippen MR) is 106 cm³/mol. The molecule has 0 spiro atoms. The van der Waals surface area contributed by atoms with Crippen LogP contribution in [0.5, 0.6) is 0 Å². The molecule has 0 aliphatic rings. The van der Waals surface area contributed by atoms with Gasteiger partial charge in [0.25, 0.3) is 5.91 Å². The van der Waals surface area contributed by atoms with Gasteiger partial charge in [0.1, 0.15) is 11.9 Å². The molecule has 1 aromatic carbocycles. The summed E-state index contributed by atoms with van der Waals surface area (Å²) in [6.07, 6.45) is 1.68. The van der Waals surface area contributed by atoms with Crippen molar-refractivity contribution < 1.29 is 14.0 Å². The number of amides is 2. The highest BCUT2D eigenvalue weighted by atomic mass is 32.1. The predicted octanol–water partition coefficient (Wildman–Crippen LogP) is 3.38. The van der Waals surface area contributed by atoms with Crippen molar-refractivity contribution in [1.29, 1.82) is 0 Å². The maximum absolute atomic E-state index is 13.1. The Balaban J connectivity index is 1.65. The number of halogens is 1. The van der Waals surface area contributed by atoms with Crippen molar-refractivity contribution in [2.45, 2.75) is 32.9 Å². The first-order valence-electron chi connectivity index (χ1n) is 8.82. The number of thiophene rings is 1. The summed E-state index contributed by atoms with van der Waals surface area (Å²) in [6, 6.07) is 8.55. The summed E-state index contributed by atoms with van der Waals surface area (Å²) in [5.41, 5.74) is 2.42. The summed E-state index contributed by atoms with van der Waals surface area (Å²) < 4.78 is 14.8. The van der Waals surface area contributed by atoms with E-state index < -0.39 is 6.04 Å². The fourth-order valence-electron chi connectivity index (χ4n) is 2.85. The third-order valence-corrected chi connectivity index (χ3v) is 5.30. The van der Waals surface area contributed by atoms with E-state index in [4.69, 9.17) is 0 Å². The van der Waals surface area contributed by atoms with Crippen LogP contribution < -0.4 is 10.6 Å². The summed E-state index contributed by atoms with van der Waals surface area (Å²) >= 11 is 1.32. The van der Waals surface area contributed by atoms with Crippen molar-refractivity contribution in [3.05, 3.63) is 69.9 Å². The van der Waals surface area contributed by atoms with Crippen LogP contribution in [0.15, 0.2) is 48.0 Å². The van der Waals surface area contributed by atoms with Gasteiger partial charge >= 0.3 is 0 Å². The minimum absolute atomic E-state index is 0.273. The van der Waals surface area contributed by atoms with Crippen LogP contribution in [0.4, 0.5) is 4.39 Å². The molecule has 2 aromatic heterocycles. The van der Waals surface area contributed by atoms with Gasteiger partial charge in [0.2, 0.25) is 5.91 Å². The van der Waals surface area contributed by atoms with Crippen LogP contribution in [0.2, 0.25) is 0 Å². The van der Waals surface area contributed by atoms with E-state index in [-0.39, 0.29) is 23.7 Å². The molecule has 28 heavy (non-hydrogen) atoms. The minimum atomic E-state index is -0.676. The lowest BCUT2D eigenvalue weighted by Crippen LogP contribution is -2.45. The van der Waals surface area contributed by atoms with E-state index >= 15 is 0 Å². The van der Waals surface area contributed by atoms with E-state index in [9.17, 15) is 14.0 Å². The molecule has 0 aliphatic heterocycles. The standard InChI is InChI=1S/C20H21FN4O2S/c1-12(23-19(26)13(2)24-20(27)18-5-4-10-28-18)17-11-22-25(14(17)3)16-8-6-15(21)7-9-16/h4-13H,1-3H3,(H,23,26)(H,24,27)/t12-,13+/m1/s1. The normalized spacial score (nSPS) is 13.0. The van der Waals surface area contributed by atoms with E-state index in [0.29, 0.717) is 4.88 Å². The number of aromatic nitrogens is 2. The number of carbonyl (C=O) groups is 2. The fraction of sp³-hybridized carbons (Fsp3) is 0.250. The third kappa shape index (κ3) is 4.28. The molecule has 0 saturated heterocycles. The zero-order valence-corrected chi connectivity index (χ0v) is 16.6. The van der Waals surface area contributed by atoms with Crippen LogP contribution in [0.25, 0.3) is 5.69 Å². The molecule has 2 atom stereocenters. The highest BCUT2D eigenvalue weighted by Crippen LogP contribution is 2.20. The van der Waals surface area contributed by atoms with Gasteiger partial charge in [-0.3, -0.25) is 9.59 Å². The Hall–Kier alpha value is -3.00. The monoisotopic (exact) mass is 400 g/mol. The van der Waals surface area contributed by atoms with Crippen LogP contribution in [-0.2, 0) is 4.79 Å². The number of benzene rings is 1. The molecule has 146 valence electrons. The Labute approximate surface area is 166 Å². The topological polar surface area (TPSA) is 76.0 Å². The van der Waals surface area contributed by atoms with Crippen molar-refractivity contribution in [3.63, 3.8) is 0 Å². The highest BCUT2D eigenvalue weighted by Gasteiger charge is 2.21. The van der Waals surface area contributed by atoms with Crippen molar-refractivity contribution in [3.8, 4) is 5.69 Å². The molecule has 8 heteroatoms. The SMILES string of the molecule is Cc1c([C@@H](C)NC(=O)[C@H](C)NC(=O)c2cccs2)cnn1-c1ccc(F)cc1. The molecule has 0 bridgehead atoms. The van der Waals surface area contributed by atoms with Gasteiger partial charge in [-0.15, -0.1) is 11.3 Å². The average molecular weight is 400 g/mol. The largest absolute Gasteiger partial charge is 0.348 e. The number of hydrogen-bond acceptors (Lipinski definition) is 4. The first kappa shape index (κ1) is 19.8. The van der Waals surface area contributed by atoms with E-state index in [1.807, 2.05) is 19.2 Å². The Morgan fingerprint density at radius 1 is 1.14 bits per heavy atom. The van der Waals surface area contributed by atoms with Gasteiger partial charge < -0.3 is 10.6 Å². The van der Waals surface area contributed by atoms with E-state index in [1.165, 1.54) is 23.5 Å². The molecule has 0 radical (unpaired) electrons. The lowest BCUT2D eigenvalue weighted by Gasteiger charge is -2.18. The van der Waals surface area contributed by atoms with Crippen molar-refractivity contribution >= 4 is 23.2 Å². The molecule has 2 heterocycles. The Morgan fingerprint density at radius 2 is 1.86 bits per heavy atom. The van der Waals surface area contributed by atoms with Crippen LogP contribution >= 0.6 is 11.3 Å². The molecule has 3 aromatic rings. The minimum Gasteiger partial charge on any atom is -0.348 e. The third-order valence-electron chi connectivity index (χ3n) is 4.43. The summed E-state index contributed by atoms with van der Waals surface area (Å²) in [5.74, 6) is -0.870. The second-order valence-corrected chi connectivity index (χ2v) is 7.42. The van der Waals surface area contributed by atoms with E-state index in [0.717, 1.165) is 16.9 Å². The van der Waals surface area contributed by atoms with Gasteiger partial charge in [0.15, 0.2) is 0 Å². The zero-order valence-electron chi connectivity index (χ0n) is 15.8. The summed E-state index contributed by atoms with van der Waals surface area (Å²) in [6.45, 7) is 5.38. The van der Waals surface area contributed by atoms with Gasteiger partial charge in [-0.05, 0) is 56.5 Å². The molecule has 0 fully saturated rings. The first-order chi connectivity index (χ1) is 13.4. The van der Waals surface area contributed by atoms with Crippen molar-refractivity contribution in [2.24, 2.45) is 0 Å². The lowest BCUT2D eigenvalue weighted by molar-refractivity contribution is -0.123. The van der Waals surface area contributed by atoms with Crippen LogP contribution in [0.1, 0.15) is 40.8 Å². The molecule has 2 N–H and O–H groups in total. The molecular formula is C20H21FN4O2S. The smallest absolute Gasteiger partial charge is 0.261 e. The maximum atomic E-state index is 13.1. The van der Waals surface area contributed by atoms with Crippen LogP contribution in [-0.4, -0.2) is 27.6 Å². The lowest BCUT2D eigenvalue weighted by atomic mass is 10.1. The summed E-state index contributed by atoms with van der Waals surface area (Å²) in [7, 11) is 0. The number of rotatable bonds is 6. The van der Waals surface area contributed by atoms with Crippen LogP contribution in [0, 0.1) is 12.7 Å². The summed E-state index contributed by atoms with van der Waals surface area (Å²) in [4.78, 5) is 25.1. The molecule has 2 amide bonds. The quantitative estimate of drug-likeness (QED) is 0.666. The van der Waals surface area contributed by atoms with Crippen molar-refractivity contribution in [2.75, 3.05) is 0 Å². The molecule has 0 aliphatic carbocycles. The number of carbonyl (C=O) groups excluding carboxylic acids is 2. The Morgan fingerprint density at radius 3 is 2.50 bits per heavy atom. The number of hydrogen-bond donors (Lipinski definition) is 2. The molecule has 0 unspecified atom stereocenters. The molecule has 6 nitrogen and oxygen atoms in total. The molecular weight excluding hydrogens is 379 g/mol. The van der Waals surface area contributed by atoms with Gasteiger partial charge in [-0.2, -0.15) is 5.10 Å². The summed E-state index contributed by atoms with van der Waals surface area (Å²) in [5, 5.41) is 11.7.